The molecule has 25 heavy (non-hydrogen) atoms. The van der Waals surface area contributed by atoms with Crippen molar-refractivity contribution >= 4 is 23.2 Å². The largest absolute Gasteiger partial charge is 0.350 e. The minimum atomic E-state index is -0.214. The Balaban J connectivity index is 1.73. The summed E-state index contributed by atoms with van der Waals surface area (Å²) in [6.45, 7) is 8.09. The highest BCUT2D eigenvalue weighted by Gasteiger charge is 2.09. The molecule has 0 bridgehead atoms. The standard InChI is InChI=1S/C19H25N3O2S/c1-3-22(4-2)14-16-9-7-15(8-10-16)12-20-18(23)13-21-19(24)17-6-5-11-25-17/h5-11H,3-4,12-14H2,1-2H3,(H,20,23)(H,21,24)/p+1. The molecule has 0 radical (unpaired) electrons. The lowest BCUT2D eigenvalue weighted by atomic mass is 10.1. The van der Waals surface area contributed by atoms with Gasteiger partial charge in [-0.3, -0.25) is 9.59 Å². The number of carbonyl (C=O) groups is 2. The molecule has 0 saturated heterocycles. The van der Waals surface area contributed by atoms with Crippen LogP contribution in [0.1, 0.15) is 34.6 Å². The summed E-state index contributed by atoms with van der Waals surface area (Å²) >= 11 is 1.36. The highest BCUT2D eigenvalue weighted by Crippen LogP contribution is 2.07. The molecule has 5 nitrogen and oxygen atoms in total. The van der Waals surface area contributed by atoms with Gasteiger partial charge in [0, 0.05) is 12.1 Å². The smallest absolute Gasteiger partial charge is 0.261 e. The molecule has 0 saturated carbocycles. The summed E-state index contributed by atoms with van der Waals surface area (Å²) in [6, 6.07) is 11.9. The first-order chi connectivity index (χ1) is 12.1. The summed E-state index contributed by atoms with van der Waals surface area (Å²) in [4.78, 5) is 25.8. The Bertz CT molecular complexity index is 664. The summed E-state index contributed by atoms with van der Waals surface area (Å²) < 4.78 is 0. The normalized spacial score (nSPS) is 10.7. The number of carbonyl (C=O) groups excluding carboxylic acids is 2. The first kappa shape index (κ1) is 19.1. The van der Waals surface area contributed by atoms with Crippen LogP contribution in [0.5, 0.6) is 0 Å². The molecule has 134 valence electrons. The van der Waals surface area contributed by atoms with Crippen molar-refractivity contribution in [2.24, 2.45) is 0 Å². The third-order valence-corrected chi connectivity index (χ3v) is 4.99. The van der Waals surface area contributed by atoms with Crippen LogP contribution in [0.4, 0.5) is 0 Å². The van der Waals surface area contributed by atoms with Gasteiger partial charge in [-0.15, -0.1) is 11.3 Å². The van der Waals surface area contributed by atoms with Crippen molar-refractivity contribution in [1.29, 1.82) is 0 Å². The fourth-order valence-corrected chi connectivity index (χ4v) is 3.12. The van der Waals surface area contributed by atoms with E-state index in [0.717, 1.165) is 25.2 Å². The number of quaternary nitrogens is 1. The maximum Gasteiger partial charge on any atom is 0.261 e. The number of thiophene rings is 1. The molecule has 0 aliphatic heterocycles. The lowest BCUT2D eigenvalue weighted by molar-refractivity contribution is -0.910. The van der Waals surface area contributed by atoms with Gasteiger partial charge in [-0.05, 0) is 30.9 Å². The zero-order valence-corrected chi connectivity index (χ0v) is 15.6. The highest BCUT2D eigenvalue weighted by atomic mass is 32.1. The Hall–Kier alpha value is -2.18. The predicted octanol–water partition coefficient (Wildman–Crippen LogP) is 1.22. The molecule has 3 N–H and O–H groups in total. The van der Waals surface area contributed by atoms with E-state index in [0.29, 0.717) is 11.4 Å². The minimum absolute atomic E-state index is 0.0138. The fraction of sp³-hybridized carbons (Fsp3) is 0.368. The first-order valence-corrected chi connectivity index (χ1v) is 9.50. The van der Waals surface area contributed by atoms with Gasteiger partial charge < -0.3 is 15.5 Å². The van der Waals surface area contributed by atoms with Gasteiger partial charge in [-0.2, -0.15) is 0 Å². The summed E-state index contributed by atoms with van der Waals surface area (Å²) in [5.74, 6) is -0.407. The van der Waals surface area contributed by atoms with E-state index in [2.05, 4.69) is 36.6 Å². The van der Waals surface area contributed by atoms with Crippen LogP contribution in [0.3, 0.4) is 0 Å². The van der Waals surface area contributed by atoms with Gasteiger partial charge in [-0.1, -0.05) is 30.3 Å². The van der Waals surface area contributed by atoms with Crippen LogP contribution >= 0.6 is 11.3 Å². The number of rotatable bonds is 9. The molecule has 1 heterocycles. The maximum absolute atomic E-state index is 11.9. The zero-order valence-electron chi connectivity index (χ0n) is 14.8. The van der Waals surface area contributed by atoms with Crippen molar-refractivity contribution in [3.8, 4) is 0 Å². The molecular weight excluding hydrogens is 334 g/mol. The van der Waals surface area contributed by atoms with Gasteiger partial charge in [0.25, 0.3) is 5.91 Å². The Morgan fingerprint density at radius 1 is 1.00 bits per heavy atom. The molecule has 0 aliphatic rings. The van der Waals surface area contributed by atoms with Crippen molar-refractivity contribution in [1.82, 2.24) is 10.6 Å². The first-order valence-electron chi connectivity index (χ1n) is 8.62. The quantitative estimate of drug-likeness (QED) is 0.630. The number of hydrogen-bond acceptors (Lipinski definition) is 3. The molecule has 2 aromatic rings. The minimum Gasteiger partial charge on any atom is -0.350 e. The number of nitrogens with one attached hydrogen (secondary N) is 3. The molecule has 6 heteroatoms. The molecule has 2 rings (SSSR count). The van der Waals surface area contributed by atoms with Crippen LogP contribution in [-0.2, 0) is 17.9 Å². The summed E-state index contributed by atoms with van der Waals surface area (Å²) in [6.07, 6.45) is 0. The predicted molar refractivity (Wildman–Crippen MR) is 101 cm³/mol. The van der Waals surface area contributed by atoms with Crippen molar-refractivity contribution in [2.75, 3.05) is 19.6 Å². The van der Waals surface area contributed by atoms with E-state index in [1.807, 2.05) is 23.6 Å². The van der Waals surface area contributed by atoms with Crippen molar-refractivity contribution < 1.29 is 14.5 Å². The lowest BCUT2D eigenvalue weighted by Gasteiger charge is -2.15. The number of benzene rings is 1. The van der Waals surface area contributed by atoms with Gasteiger partial charge in [0.15, 0.2) is 0 Å². The van der Waals surface area contributed by atoms with E-state index in [9.17, 15) is 9.59 Å². The van der Waals surface area contributed by atoms with Crippen LogP contribution in [0.25, 0.3) is 0 Å². The highest BCUT2D eigenvalue weighted by molar-refractivity contribution is 7.12. The van der Waals surface area contributed by atoms with E-state index in [1.54, 1.807) is 11.0 Å². The molecule has 0 unspecified atom stereocenters. The van der Waals surface area contributed by atoms with E-state index in [4.69, 9.17) is 0 Å². The van der Waals surface area contributed by atoms with E-state index in [1.165, 1.54) is 16.9 Å². The van der Waals surface area contributed by atoms with Crippen LogP contribution < -0.4 is 15.5 Å². The molecule has 0 atom stereocenters. The average molecular weight is 361 g/mol. The number of amides is 2. The summed E-state index contributed by atoms with van der Waals surface area (Å²) in [5.41, 5.74) is 2.35. The lowest BCUT2D eigenvalue weighted by Crippen LogP contribution is -3.10. The van der Waals surface area contributed by atoms with Crippen molar-refractivity contribution in [3.05, 3.63) is 57.8 Å². The monoisotopic (exact) mass is 360 g/mol. The van der Waals surface area contributed by atoms with Gasteiger partial charge in [0.2, 0.25) is 5.91 Å². The van der Waals surface area contributed by atoms with Gasteiger partial charge in [-0.25, -0.2) is 0 Å². The van der Waals surface area contributed by atoms with E-state index < -0.39 is 0 Å². The summed E-state index contributed by atoms with van der Waals surface area (Å²) in [7, 11) is 0. The molecule has 0 aliphatic carbocycles. The van der Waals surface area contributed by atoms with Gasteiger partial charge in [0.05, 0.1) is 24.5 Å². The van der Waals surface area contributed by atoms with Crippen LogP contribution in [0.15, 0.2) is 41.8 Å². The Morgan fingerprint density at radius 3 is 2.28 bits per heavy atom. The topological polar surface area (TPSA) is 62.6 Å². The molecule has 0 spiro atoms. The molecular formula is C19H26N3O2S+. The second kappa shape index (κ2) is 9.96. The molecule has 2 amide bonds. The van der Waals surface area contributed by atoms with Crippen LogP contribution in [0, 0.1) is 0 Å². The second-order valence-corrected chi connectivity index (χ2v) is 6.83. The molecule has 0 fully saturated rings. The van der Waals surface area contributed by atoms with Crippen LogP contribution in [-0.4, -0.2) is 31.4 Å². The maximum atomic E-state index is 11.9. The van der Waals surface area contributed by atoms with E-state index in [-0.39, 0.29) is 18.4 Å². The van der Waals surface area contributed by atoms with Crippen molar-refractivity contribution in [3.63, 3.8) is 0 Å². The average Bonchev–Trinajstić information content (AvgIpc) is 3.18. The fourth-order valence-electron chi connectivity index (χ4n) is 2.48. The summed E-state index contributed by atoms with van der Waals surface area (Å²) in [5, 5.41) is 7.28. The van der Waals surface area contributed by atoms with Crippen molar-refractivity contribution in [2.45, 2.75) is 26.9 Å². The SMILES string of the molecule is CC[NH+](CC)Cc1ccc(CNC(=O)CNC(=O)c2cccs2)cc1. The van der Waals surface area contributed by atoms with E-state index >= 15 is 0 Å². The third-order valence-electron chi connectivity index (χ3n) is 4.12. The second-order valence-electron chi connectivity index (χ2n) is 5.89. The Morgan fingerprint density at radius 2 is 1.68 bits per heavy atom. The number of hydrogen-bond donors (Lipinski definition) is 3. The van der Waals surface area contributed by atoms with Gasteiger partial charge >= 0.3 is 0 Å². The van der Waals surface area contributed by atoms with Gasteiger partial charge in [0.1, 0.15) is 6.54 Å². The zero-order chi connectivity index (χ0) is 18.1. The molecule has 1 aromatic carbocycles. The molecule has 1 aromatic heterocycles. The Kier molecular flexibility index (Phi) is 7.63. The third kappa shape index (κ3) is 6.32. The Labute approximate surface area is 153 Å². The van der Waals surface area contributed by atoms with Crippen LogP contribution in [0.2, 0.25) is 0 Å².